The summed E-state index contributed by atoms with van der Waals surface area (Å²) in [5.74, 6) is -1.91. The molecule has 7 heteroatoms. The number of hydrogen-bond acceptors (Lipinski definition) is 1. The fourth-order valence-corrected chi connectivity index (χ4v) is 2.26. The lowest BCUT2D eigenvalue weighted by molar-refractivity contribution is -0.120. The van der Waals surface area contributed by atoms with Crippen molar-refractivity contribution in [1.29, 1.82) is 0 Å². The SMILES string of the molecule is Fc1cc(CBr)cc(F)c1N(CC(F)(F)F)C1CC1. The average Bonchev–Trinajstić information content (AvgIpc) is 3.08. The fourth-order valence-electron chi connectivity index (χ4n) is 1.94. The topological polar surface area (TPSA) is 3.24 Å². The quantitative estimate of drug-likeness (QED) is 0.578. The Morgan fingerprint density at radius 1 is 1.16 bits per heavy atom. The van der Waals surface area contributed by atoms with Crippen LogP contribution in [0.3, 0.4) is 0 Å². The van der Waals surface area contributed by atoms with Gasteiger partial charge in [0, 0.05) is 11.4 Å². The van der Waals surface area contributed by atoms with Crippen LogP contribution in [0.25, 0.3) is 0 Å². The van der Waals surface area contributed by atoms with E-state index in [1.54, 1.807) is 0 Å². The van der Waals surface area contributed by atoms with Crippen LogP contribution in [0.4, 0.5) is 27.6 Å². The van der Waals surface area contributed by atoms with Crippen LogP contribution in [-0.4, -0.2) is 18.8 Å². The molecule has 0 spiro atoms. The first-order chi connectivity index (χ1) is 8.81. The van der Waals surface area contributed by atoms with Gasteiger partial charge in [-0.2, -0.15) is 13.2 Å². The van der Waals surface area contributed by atoms with Crippen molar-refractivity contribution in [2.75, 3.05) is 11.4 Å². The van der Waals surface area contributed by atoms with Gasteiger partial charge in [0.05, 0.1) is 0 Å². The Hall–Kier alpha value is -0.850. The van der Waals surface area contributed by atoms with Crippen molar-refractivity contribution in [3.05, 3.63) is 29.3 Å². The Balaban J connectivity index is 2.36. The summed E-state index contributed by atoms with van der Waals surface area (Å²) in [5, 5.41) is 0.240. The first-order valence-corrected chi connectivity index (χ1v) is 6.81. The van der Waals surface area contributed by atoms with Gasteiger partial charge < -0.3 is 4.90 Å². The van der Waals surface area contributed by atoms with Gasteiger partial charge >= 0.3 is 6.18 Å². The van der Waals surface area contributed by atoms with Crippen LogP contribution in [0.5, 0.6) is 0 Å². The summed E-state index contributed by atoms with van der Waals surface area (Å²) in [6, 6.07) is 1.68. The molecule has 2 rings (SSSR count). The zero-order chi connectivity index (χ0) is 14.2. The third-order valence-corrected chi connectivity index (χ3v) is 3.50. The number of halogens is 6. The summed E-state index contributed by atoms with van der Waals surface area (Å²) in [7, 11) is 0. The van der Waals surface area contributed by atoms with E-state index in [1.807, 2.05) is 0 Å². The molecule has 19 heavy (non-hydrogen) atoms. The van der Waals surface area contributed by atoms with Crippen LogP contribution in [0.15, 0.2) is 12.1 Å². The largest absolute Gasteiger partial charge is 0.405 e. The van der Waals surface area contributed by atoms with E-state index in [4.69, 9.17) is 0 Å². The minimum absolute atomic E-state index is 0.240. The lowest BCUT2D eigenvalue weighted by Gasteiger charge is -2.26. The molecule has 0 radical (unpaired) electrons. The van der Waals surface area contributed by atoms with Crippen molar-refractivity contribution >= 4 is 21.6 Å². The maximum absolute atomic E-state index is 13.8. The van der Waals surface area contributed by atoms with E-state index in [0.29, 0.717) is 18.4 Å². The molecule has 106 valence electrons. The minimum atomic E-state index is -4.49. The van der Waals surface area contributed by atoms with Crippen molar-refractivity contribution in [1.82, 2.24) is 0 Å². The van der Waals surface area contributed by atoms with Gasteiger partial charge in [0.1, 0.15) is 23.9 Å². The molecule has 0 amide bonds. The van der Waals surface area contributed by atoms with Gasteiger partial charge in [0.25, 0.3) is 0 Å². The molecule has 0 aliphatic heterocycles. The van der Waals surface area contributed by atoms with Gasteiger partial charge in [-0.25, -0.2) is 8.78 Å². The minimum Gasteiger partial charge on any atom is -0.355 e. The maximum Gasteiger partial charge on any atom is 0.405 e. The molecule has 1 fully saturated rings. The molecule has 1 saturated carbocycles. The first kappa shape index (κ1) is 14.6. The van der Waals surface area contributed by atoms with E-state index in [2.05, 4.69) is 15.9 Å². The molecule has 0 N–H and O–H groups in total. The highest BCUT2D eigenvalue weighted by atomic mass is 79.9. The zero-order valence-corrected chi connectivity index (χ0v) is 11.4. The second-order valence-corrected chi connectivity index (χ2v) is 5.08. The van der Waals surface area contributed by atoms with Crippen molar-refractivity contribution in [2.45, 2.75) is 30.4 Å². The molecular formula is C12H11BrF5N. The summed E-state index contributed by atoms with van der Waals surface area (Å²) in [4.78, 5) is 0.780. The van der Waals surface area contributed by atoms with Gasteiger partial charge in [-0.3, -0.25) is 0 Å². The summed E-state index contributed by atoms with van der Waals surface area (Å²) in [5.41, 5.74) is -0.231. The number of nitrogens with zero attached hydrogens (tertiary/aromatic N) is 1. The second kappa shape index (κ2) is 5.26. The highest BCUT2D eigenvalue weighted by Crippen LogP contribution is 2.37. The summed E-state index contributed by atoms with van der Waals surface area (Å²) < 4.78 is 65.2. The van der Waals surface area contributed by atoms with Gasteiger partial charge in [0.15, 0.2) is 0 Å². The van der Waals surface area contributed by atoms with Crippen molar-refractivity contribution < 1.29 is 22.0 Å². The van der Waals surface area contributed by atoms with E-state index >= 15 is 0 Å². The average molecular weight is 344 g/mol. The van der Waals surface area contributed by atoms with Crippen molar-refractivity contribution in [3.63, 3.8) is 0 Å². The molecular weight excluding hydrogens is 333 g/mol. The molecule has 1 aliphatic carbocycles. The van der Waals surface area contributed by atoms with Crippen LogP contribution >= 0.6 is 15.9 Å². The normalized spacial score (nSPS) is 15.7. The predicted molar refractivity (Wildman–Crippen MR) is 65.4 cm³/mol. The predicted octanol–water partition coefficient (Wildman–Crippen LogP) is 4.39. The standard InChI is InChI=1S/C12H11BrF5N/c13-5-7-3-9(14)11(10(15)4-7)19(8-1-2-8)6-12(16,17)18/h3-4,8H,1-2,5-6H2. The van der Waals surface area contributed by atoms with E-state index in [0.717, 1.165) is 17.0 Å². The number of hydrogen-bond donors (Lipinski definition) is 0. The Labute approximate surface area is 115 Å². The van der Waals surface area contributed by atoms with Crippen molar-refractivity contribution in [2.24, 2.45) is 0 Å². The molecule has 1 nitrogen and oxygen atoms in total. The van der Waals surface area contributed by atoms with Crippen LogP contribution < -0.4 is 4.90 Å². The Morgan fingerprint density at radius 2 is 1.68 bits per heavy atom. The molecule has 0 saturated heterocycles. The van der Waals surface area contributed by atoms with Crippen LogP contribution in [-0.2, 0) is 5.33 Å². The van der Waals surface area contributed by atoms with Crippen LogP contribution in [0, 0.1) is 11.6 Å². The van der Waals surface area contributed by atoms with E-state index in [1.165, 1.54) is 0 Å². The number of anilines is 1. The molecule has 0 aromatic heterocycles. The Bertz CT molecular complexity index is 447. The van der Waals surface area contributed by atoms with Gasteiger partial charge in [-0.15, -0.1) is 0 Å². The fraction of sp³-hybridized carbons (Fsp3) is 0.500. The van der Waals surface area contributed by atoms with E-state index in [9.17, 15) is 22.0 Å². The molecule has 0 bridgehead atoms. The van der Waals surface area contributed by atoms with Gasteiger partial charge in [-0.05, 0) is 30.5 Å². The molecule has 1 aliphatic rings. The lowest BCUT2D eigenvalue weighted by atomic mass is 10.2. The smallest absolute Gasteiger partial charge is 0.355 e. The molecule has 1 aromatic rings. The highest BCUT2D eigenvalue weighted by Gasteiger charge is 2.40. The highest BCUT2D eigenvalue weighted by molar-refractivity contribution is 9.08. The van der Waals surface area contributed by atoms with Crippen LogP contribution in [0.2, 0.25) is 0 Å². The zero-order valence-electron chi connectivity index (χ0n) is 9.78. The molecule has 0 atom stereocenters. The van der Waals surface area contributed by atoms with Crippen LogP contribution in [0.1, 0.15) is 18.4 Å². The number of alkyl halides is 4. The molecule has 0 heterocycles. The lowest BCUT2D eigenvalue weighted by Crippen LogP contribution is -2.37. The van der Waals surface area contributed by atoms with Gasteiger partial charge in [-0.1, -0.05) is 15.9 Å². The summed E-state index contributed by atoms with van der Waals surface area (Å²) in [6.45, 7) is -1.33. The Kier molecular flexibility index (Phi) is 4.03. The van der Waals surface area contributed by atoms with Gasteiger partial charge in [0.2, 0.25) is 0 Å². The number of benzene rings is 1. The third-order valence-electron chi connectivity index (χ3n) is 2.86. The summed E-state index contributed by atoms with van der Waals surface area (Å²) >= 11 is 3.05. The summed E-state index contributed by atoms with van der Waals surface area (Å²) in [6.07, 6.45) is -3.44. The maximum atomic E-state index is 13.8. The molecule has 0 unspecified atom stereocenters. The van der Waals surface area contributed by atoms with Crippen molar-refractivity contribution in [3.8, 4) is 0 Å². The molecule has 1 aromatic carbocycles. The second-order valence-electron chi connectivity index (χ2n) is 4.52. The third kappa shape index (κ3) is 3.58. The van der Waals surface area contributed by atoms with E-state index < -0.39 is 36.1 Å². The first-order valence-electron chi connectivity index (χ1n) is 5.69. The number of rotatable bonds is 4. The van der Waals surface area contributed by atoms with E-state index in [-0.39, 0.29) is 5.33 Å². The Morgan fingerprint density at radius 3 is 2.05 bits per heavy atom. The monoisotopic (exact) mass is 343 g/mol.